The number of methoxy groups -OCH3 is 2. The Labute approximate surface area is 187 Å². The van der Waals surface area contributed by atoms with Gasteiger partial charge in [-0.1, -0.05) is 18.2 Å². The fourth-order valence-corrected chi connectivity index (χ4v) is 4.38. The van der Waals surface area contributed by atoms with Crippen LogP contribution in [-0.2, 0) is 14.4 Å². The summed E-state index contributed by atoms with van der Waals surface area (Å²) in [6.07, 6.45) is 1.42. The fourth-order valence-electron chi connectivity index (χ4n) is 4.38. The number of imide groups is 1. The minimum absolute atomic E-state index is 0.00312. The van der Waals surface area contributed by atoms with Gasteiger partial charge in [-0.3, -0.25) is 19.3 Å². The van der Waals surface area contributed by atoms with Gasteiger partial charge in [0.1, 0.15) is 0 Å². The smallest absolute Gasteiger partial charge is 0.251 e. The number of nitrogens with zero attached hydrogens (tertiary/aromatic N) is 2. The number of para-hydroxylation sites is 1. The molecule has 0 saturated carbocycles. The van der Waals surface area contributed by atoms with Crippen molar-refractivity contribution < 1.29 is 23.9 Å². The summed E-state index contributed by atoms with van der Waals surface area (Å²) in [6, 6.07) is 13.9. The second-order valence-electron chi connectivity index (χ2n) is 7.99. The molecule has 8 heteroatoms. The van der Waals surface area contributed by atoms with Crippen molar-refractivity contribution in [2.75, 3.05) is 37.5 Å². The first-order valence-electron chi connectivity index (χ1n) is 10.7. The summed E-state index contributed by atoms with van der Waals surface area (Å²) in [5.74, 6) is 0.393. The zero-order valence-electron chi connectivity index (χ0n) is 18.2. The molecule has 3 amide bonds. The molecule has 1 N–H and O–H groups in total. The molecule has 2 aliphatic heterocycles. The standard InChI is InChI=1S/C24H27N3O5/c1-31-20-9-8-18(14-21(20)32-2)27-22(28)15-19(24(27)30)26-12-10-16(11-13-26)23(29)25-17-6-4-3-5-7-17/h3-9,14,16,19H,10-13,15H2,1-2H3,(H,25,29)/t19-/m1/s1. The molecule has 4 rings (SSSR count). The van der Waals surface area contributed by atoms with Crippen LogP contribution in [0.1, 0.15) is 19.3 Å². The van der Waals surface area contributed by atoms with E-state index in [0.29, 0.717) is 43.1 Å². The fraction of sp³-hybridized carbons (Fsp3) is 0.375. The Morgan fingerprint density at radius 1 is 0.969 bits per heavy atom. The van der Waals surface area contributed by atoms with E-state index in [1.54, 1.807) is 18.2 Å². The lowest BCUT2D eigenvalue weighted by Gasteiger charge is -2.34. The van der Waals surface area contributed by atoms with E-state index in [-0.39, 0.29) is 30.1 Å². The Hall–Kier alpha value is -3.39. The minimum atomic E-state index is -0.506. The lowest BCUT2D eigenvalue weighted by molar-refractivity contribution is -0.123. The number of anilines is 2. The van der Waals surface area contributed by atoms with Crippen LogP contribution in [0.2, 0.25) is 0 Å². The average Bonchev–Trinajstić information content (AvgIpc) is 3.13. The molecule has 2 aromatic carbocycles. The zero-order valence-corrected chi connectivity index (χ0v) is 18.2. The van der Waals surface area contributed by atoms with Crippen LogP contribution in [0.5, 0.6) is 11.5 Å². The molecule has 2 fully saturated rings. The zero-order chi connectivity index (χ0) is 22.7. The van der Waals surface area contributed by atoms with Crippen molar-refractivity contribution in [3.63, 3.8) is 0 Å². The third-order valence-corrected chi connectivity index (χ3v) is 6.13. The number of nitrogens with one attached hydrogen (secondary N) is 1. The normalized spacial score (nSPS) is 19.8. The van der Waals surface area contributed by atoms with Crippen molar-refractivity contribution in [3.8, 4) is 11.5 Å². The van der Waals surface area contributed by atoms with Crippen molar-refractivity contribution in [1.82, 2.24) is 4.90 Å². The Morgan fingerprint density at radius 2 is 1.66 bits per heavy atom. The van der Waals surface area contributed by atoms with Crippen LogP contribution < -0.4 is 19.7 Å². The van der Waals surface area contributed by atoms with E-state index in [4.69, 9.17) is 9.47 Å². The van der Waals surface area contributed by atoms with E-state index < -0.39 is 6.04 Å². The van der Waals surface area contributed by atoms with E-state index in [2.05, 4.69) is 5.32 Å². The van der Waals surface area contributed by atoms with Gasteiger partial charge < -0.3 is 14.8 Å². The van der Waals surface area contributed by atoms with Crippen LogP contribution in [0.4, 0.5) is 11.4 Å². The SMILES string of the molecule is COc1ccc(N2C(=O)C[C@@H](N3CCC(C(=O)Nc4ccccc4)CC3)C2=O)cc1OC. The number of carbonyl (C=O) groups excluding carboxylic acids is 3. The number of hydrogen-bond acceptors (Lipinski definition) is 6. The van der Waals surface area contributed by atoms with Gasteiger partial charge in [-0.15, -0.1) is 0 Å². The molecule has 2 heterocycles. The lowest BCUT2D eigenvalue weighted by Crippen LogP contribution is -2.47. The van der Waals surface area contributed by atoms with Crippen LogP contribution in [0.3, 0.4) is 0 Å². The van der Waals surface area contributed by atoms with Gasteiger partial charge in [0.25, 0.3) is 5.91 Å². The van der Waals surface area contributed by atoms with Gasteiger partial charge in [0.05, 0.1) is 32.4 Å². The quantitative estimate of drug-likeness (QED) is 0.699. The summed E-state index contributed by atoms with van der Waals surface area (Å²) >= 11 is 0. The van der Waals surface area contributed by atoms with Crippen molar-refractivity contribution in [1.29, 1.82) is 0 Å². The molecule has 32 heavy (non-hydrogen) atoms. The summed E-state index contributed by atoms with van der Waals surface area (Å²) in [6.45, 7) is 1.19. The number of ether oxygens (including phenoxy) is 2. The van der Waals surface area contributed by atoms with E-state index in [0.717, 1.165) is 5.69 Å². The number of rotatable bonds is 6. The van der Waals surface area contributed by atoms with Gasteiger partial charge in [0, 0.05) is 17.7 Å². The first-order valence-corrected chi connectivity index (χ1v) is 10.7. The van der Waals surface area contributed by atoms with Crippen LogP contribution in [0.25, 0.3) is 0 Å². The number of piperidine rings is 1. The average molecular weight is 437 g/mol. The molecule has 0 aromatic heterocycles. The molecular formula is C24H27N3O5. The summed E-state index contributed by atoms with van der Waals surface area (Å²) in [7, 11) is 3.04. The second kappa shape index (κ2) is 9.40. The molecule has 0 bridgehead atoms. The van der Waals surface area contributed by atoms with Gasteiger partial charge in [-0.2, -0.15) is 0 Å². The predicted octanol–water partition coefficient (Wildman–Crippen LogP) is 2.69. The van der Waals surface area contributed by atoms with Crippen molar-refractivity contribution in [3.05, 3.63) is 48.5 Å². The van der Waals surface area contributed by atoms with Crippen LogP contribution in [0, 0.1) is 5.92 Å². The molecule has 168 valence electrons. The van der Waals surface area contributed by atoms with Crippen LogP contribution >= 0.6 is 0 Å². The van der Waals surface area contributed by atoms with E-state index >= 15 is 0 Å². The van der Waals surface area contributed by atoms with Gasteiger partial charge in [-0.05, 0) is 50.2 Å². The second-order valence-corrected chi connectivity index (χ2v) is 7.99. The highest BCUT2D eigenvalue weighted by molar-refractivity contribution is 6.22. The topological polar surface area (TPSA) is 88.2 Å². The summed E-state index contributed by atoms with van der Waals surface area (Å²) < 4.78 is 10.5. The minimum Gasteiger partial charge on any atom is -0.493 e. The van der Waals surface area contributed by atoms with Crippen molar-refractivity contribution in [2.45, 2.75) is 25.3 Å². The molecule has 2 saturated heterocycles. The molecule has 0 aliphatic carbocycles. The maximum atomic E-state index is 13.1. The van der Waals surface area contributed by atoms with Crippen molar-refractivity contribution in [2.24, 2.45) is 5.92 Å². The molecular weight excluding hydrogens is 410 g/mol. The summed E-state index contributed by atoms with van der Waals surface area (Å²) in [5, 5.41) is 2.95. The molecule has 0 unspecified atom stereocenters. The molecule has 2 aromatic rings. The Balaban J connectivity index is 1.39. The molecule has 2 aliphatic rings. The number of carbonyl (C=O) groups is 3. The maximum absolute atomic E-state index is 13.1. The summed E-state index contributed by atoms with van der Waals surface area (Å²) in [4.78, 5) is 41.7. The van der Waals surface area contributed by atoms with Gasteiger partial charge >= 0.3 is 0 Å². The monoisotopic (exact) mass is 437 g/mol. The Kier molecular flexibility index (Phi) is 6.41. The number of likely N-dealkylation sites (tertiary alicyclic amines) is 1. The first kappa shape index (κ1) is 21.8. The third-order valence-electron chi connectivity index (χ3n) is 6.13. The summed E-state index contributed by atoms with van der Waals surface area (Å²) in [5.41, 5.74) is 1.25. The molecule has 0 spiro atoms. The van der Waals surface area contributed by atoms with Gasteiger partial charge in [0.15, 0.2) is 11.5 Å². The van der Waals surface area contributed by atoms with Gasteiger partial charge in [0.2, 0.25) is 11.8 Å². The molecule has 8 nitrogen and oxygen atoms in total. The number of hydrogen-bond donors (Lipinski definition) is 1. The molecule has 1 atom stereocenters. The van der Waals surface area contributed by atoms with Crippen LogP contribution in [0.15, 0.2) is 48.5 Å². The van der Waals surface area contributed by atoms with Gasteiger partial charge in [-0.25, -0.2) is 4.90 Å². The maximum Gasteiger partial charge on any atom is 0.251 e. The third kappa shape index (κ3) is 4.31. The van der Waals surface area contributed by atoms with Crippen molar-refractivity contribution >= 4 is 29.1 Å². The first-order chi connectivity index (χ1) is 15.5. The lowest BCUT2D eigenvalue weighted by atomic mass is 9.94. The number of benzene rings is 2. The molecule has 0 radical (unpaired) electrons. The van der Waals surface area contributed by atoms with E-state index in [1.165, 1.54) is 19.1 Å². The predicted molar refractivity (Wildman–Crippen MR) is 120 cm³/mol. The Morgan fingerprint density at radius 3 is 2.31 bits per heavy atom. The van der Waals surface area contributed by atoms with Crippen LogP contribution in [-0.4, -0.2) is 56.0 Å². The highest BCUT2D eigenvalue weighted by Gasteiger charge is 2.44. The van der Waals surface area contributed by atoms with E-state index in [9.17, 15) is 14.4 Å². The highest BCUT2D eigenvalue weighted by Crippen LogP contribution is 2.35. The largest absolute Gasteiger partial charge is 0.493 e. The Bertz CT molecular complexity index is 1000. The highest BCUT2D eigenvalue weighted by atomic mass is 16.5. The number of amides is 3. The van der Waals surface area contributed by atoms with E-state index in [1.807, 2.05) is 35.2 Å².